The number of hydrogen-bond donors (Lipinski definition) is 2. The zero-order chi connectivity index (χ0) is 16.8. The second-order valence-electron chi connectivity index (χ2n) is 6.74. The lowest BCUT2D eigenvalue weighted by molar-refractivity contribution is 0.0519. The summed E-state index contributed by atoms with van der Waals surface area (Å²) >= 11 is 3.43. The number of carbonyl (C=O) groups excluding carboxylic acids is 1. The minimum Gasteiger partial charge on any atom is -0.444 e. The van der Waals surface area contributed by atoms with Gasteiger partial charge in [0.25, 0.3) is 0 Å². The fourth-order valence-electron chi connectivity index (χ4n) is 1.90. The van der Waals surface area contributed by atoms with Crippen LogP contribution in [0.25, 0.3) is 0 Å². The molecule has 0 bridgehead atoms. The fraction of sp³-hybridized carbons (Fsp3) is 0.588. The van der Waals surface area contributed by atoms with Crippen LogP contribution >= 0.6 is 15.9 Å². The van der Waals surface area contributed by atoms with Gasteiger partial charge in [-0.15, -0.1) is 0 Å². The molecule has 0 radical (unpaired) electrons. The van der Waals surface area contributed by atoms with E-state index < -0.39 is 5.60 Å². The van der Waals surface area contributed by atoms with Crippen molar-refractivity contribution in [2.75, 3.05) is 6.54 Å². The van der Waals surface area contributed by atoms with Crippen molar-refractivity contribution in [1.29, 1.82) is 0 Å². The summed E-state index contributed by atoms with van der Waals surface area (Å²) in [5, 5.41) is 6.32. The zero-order valence-electron chi connectivity index (χ0n) is 14.1. The Morgan fingerprint density at radius 3 is 2.32 bits per heavy atom. The molecule has 1 aromatic carbocycles. The van der Waals surface area contributed by atoms with E-state index in [1.807, 2.05) is 32.9 Å². The van der Waals surface area contributed by atoms with Crippen molar-refractivity contribution in [2.45, 2.75) is 52.8 Å². The summed E-state index contributed by atoms with van der Waals surface area (Å²) in [7, 11) is 0. The van der Waals surface area contributed by atoms with E-state index in [4.69, 9.17) is 4.74 Å². The monoisotopic (exact) mass is 370 g/mol. The van der Waals surface area contributed by atoms with E-state index in [9.17, 15) is 4.79 Å². The summed E-state index contributed by atoms with van der Waals surface area (Å²) in [5.74, 6) is 0.408. The van der Waals surface area contributed by atoms with Crippen LogP contribution in [0, 0.1) is 5.92 Å². The lowest BCUT2D eigenvalue weighted by Crippen LogP contribution is -2.45. The average molecular weight is 371 g/mol. The first-order chi connectivity index (χ1) is 10.2. The first-order valence-corrected chi connectivity index (χ1v) is 8.41. The van der Waals surface area contributed by atoms with Gasteiger partial charge in [-0.1, -0.05) is 41.9 Å². The van der Waals surface area contributed by atoms with Crippen molar-refractivity contribution in [2.24, 2.45) is 5.92 Å². The molecular formula is C17H27BrN2O2. The van der Waals surface area contributed by atoms with Crippen molar-refractivity contribution in [3.63, 3.8) is 0 Å². The van der Waals surface area contributed by atoms with Crippen LogP contribution < -0.4 is 10.6 Å². The summed E-state index contributed by atoms with van der Waals surface area (Å²) < 4.78 is 6.33. The predicted molar refractivity (Wildman–Crippen MR) is 93.8 cm³/mol. The van der Waals surface area contributed by atoms with Crippen LogP contribution in [0.5, 0.6) is 0 Å². The van der Waals surface area contributed by atoms with Crippen LogP contribution in [0.4, 0.5) is 4.79 Å². The van der Waals surface area contributed by atoms with Gasteiger partial charge in [-0.05, 0) is 44.4 Å². The number of halogens is 1. The number of benzene rings is 1. The molecule has 0 spiro atoms. The number of ether oxygens (including phenoxy) is 1. The summed E-state index contributed by atoms with van der Waals surface area (Å²) in [6.45, 7) is 11.2. The molecule has 0 aromatic heterocycles. The summed E-state index contributed by atoms with van der Waals surface area (Å²) in [5.41, 5.74) is 0.744. The molecule has 5 heteroatoms. The molecular weight excluding hydrogens is 344 g/mol. The van der Waals surface area contributed by atoms with Crippen LogP contribution in [0.15, 0.2) is 28.7 Å². The quantitative estimate of drug-likeness (QED) is 0.792. The smallest absolute Gasteiger partial charge is 0.407 e. The standard InChI is InChI=1S/C17H27BrN2O2/c1-12(2)15(11-20-16(21)22-17(3,4)5)19-10-13-6-8-14(18)9-7-13/h6-9,12,15,19H,10-11H2,1-5H3,(H,20,21). The molecule has 2 N–H and O–H groups in total. The Balaban J connectivity index is 2.45. The number of nitrogens with one attached hydrogen (secondary N) is 2. The number of hydrogen-bond acceptors (Lipinski definition) is 3. The molecule has 22 heavy (non-hydrogen) atoms. The Labute approximate surface area is 142 Å². The van der Waals surface area contributed by atoms with E-state index in [-0.39, 0.29) is 12.1 Å². The zero-order valence-corrected chi connectivity index (χ0v) is 15.7. The predicted octanol–water partition coefficient (Wildman–Crippen LogP) is 4.09. The van der Waals surface area contributed by atoms with Crippen LogP contribution in [-0.4, -0.2) is 24.3 Å². The SMILES string of the molecule is CC(C)C(CNC(=O)OC(C)(C)C)NCc1ccc(Br)cc1. The van der Waals surface area contributed by atoms with Gasteiger partial charge in [0.15, 0.2) is 0 Å². The highest BCUT2D eigenvalue weighted by atomic mass is 79.9. The molecule has 0 heterocycles. The van der Waals surface area contributed by atoms with Gasteiger partial charge < -0.3 is 15.4 Å². The van der Waals surface area contributed by atoms with Crippen LogP contribution in [-0.2, 0) is 11.3 Å². The maximum Gasteiger partial charge on any atom is 0.407 e. The fourth-order valence-corrected chi connectivity index (χ4v) is 2.17. The van der Waals surface area contributed by atoms with E-state index in [1.54, 1.807) is 0 Å². The number of amides is 1. The first kappa shape index (κ1) is 19.0. The summed E-state index contributed by atoms with van der Waals surface area (Å²) in [6.07, 6.45) is -0.372. The minimum atomic E-state index is -0.470. The third-order valence-corrected chi connectivity index (χ3v) is 3.68. The third-order valence-electron chi connectivity index (χ3n) is 3.15. The highest BCUT2D eigenvalue weighted by Gasteiger charge is 2.18. The van der Waals surface area contributed by atoms with Gasteiger partial charge in [-0.3, -0.25) is 0 Å². The number of alkyl carbamates (subject to hydrolysis) is 1. The van der Waals surface area contributed by atoms with Gasteiger partial charge in [-0.25, -0.2) is 4.79 Å². The topological polar surface area (TPSA) is 50.4 Å². The Kier molecular flexibility index (Phi) is 7.36. The van der Waals surface area contributed by atoms with Crippen LogP contribution in [0.1, 0.15) is 40.2 Å². The van der Waals surface area contributed by atoms with Gasteiger partial charge in [0.05, 0.1) is 0 Å². The summed E-state index contributed by atoms with van der Waals surface area (Å²) in [4.78, 5) is 11.7. The highest BCUT2D eigenvalue weighted by Crippen LogP contribution is 2.11. The van der Waals surface area contributed by atoms with E-state index in [2.05, 4.69) is 52.5 Å². The van der Waals surface area contributed by atoms with Gasteiger partial charge in [0.1, 0.15) is 5.60 Å². The number of rotatable bonds is 6. The molecule has 1 rings (SSSR count). The van der Waals surface area contributed by atoms with Crippen molar-refractivity contribution in [3.05, 3.63) is 34.3 Å². The Morgan fingerprint density at radius 2 is 1.82 bits per heavy atom. The normalized spacial score (nSPS) is 13.0. The minimum absolute atomic E-state index is 0.191. The summed E-state index contributed by atoms with van der Waals surface area (Å²) in [6, 6.07) is 8.41. The maximum absolute atomic E-state index is 11.7. The number of carbonyl (C=O) groups is 1. The maximum atomic E-state index is 11.7. The van der Waals surface area contributed by atoms with Crippen LogP contribution in [0.3, 0.4) is 0 Å². The molecule has 1 unspecified atom stereocenters. The molecule has 1 atom stereocenters. The Morgan fingerprint density at radius 1 is 1.23 bits per heavy atom. The highest BCUT2D eigenvalue weighted by molar-refractivity contribution is 9.10. The molecule has 4 nitrogen and oxygen atoms in total. The first-order valence-electron chi connectivity index (χ1n) is 7.62. The van der Waals surface area contributed by atoms with Crippen molar-refractivity contribution >= 4 is 22.0 Å². The van der Waals surface area contributed by atoms with E-state index in [1.165, 1.54) is 5.56 Å². The molecule has 0 aliphatic carbocycles. The molecule has 1 aromatic rings. The Hall–Kier alpha value is -1.07. The second kappa shape index (κ2) is 8.53. The largest absolute Gasteiger partial charge is 0.444 e. The average Bonchev–Trinajstić information content (AvgIpc) is 2.38. The van der Waals surface area contributed by atoms with Crippen molar-refractivity contribution in [3.8, 4) is 0 Å². The molecule has 124 valence electrons. The second-order valence-corrected chi connectivity index (χ2v) is 7.66. The van der Waals surface area contributed by atoms with E-state index in [0.717, 1.165) is 11.0 Å². The molecule has 0 aliphatic heterocycles. The van der Waals surface area contributed by atoms with Gasteiger partial charge >= 0.3 is 6.09 Å². The molecule has 0 aliphatic rings. The van der Waals surface area contributed by atoms with E-state index in [0.29, 0.717) is 12.5 Å². The molecule has 0 fully saturated rings. The molecule has 0 saturated heterocycles. The lowest BCUT2D eigenvalue weighted by Gasteiger charge is -2.25. The van der Waals surface area contributed by atoms with Crippen molar-refractivity contribution < 1.29 is 9.53 Å². The van der Waals surface area contributed by atoms with Gasteiger partial charge in [0, 0.05) is 23.6 Å². The molecule has 1 amide bonds. The van der Waals surface area contributed by atoms with Gasteiger partial charge in [0.2, 0.25) is 0 Å². The Bertz CT molecular complexity index is 467. The van der Waals surface area contributed by atoms with E-state index >= 15 is 0 Å². The lowest BCUT2D eigenvalue weighted by atomic mass is 10.0. The third kappa shape index (κ3) is 7.80. The van der Waals surface area contributed by atoms with Crippen LogP contribution in [0.2, 0.25) is 0 Å². The van der Waals surface area contributed by atoms with Gasteiger partial charge in [-0.2, -0.15) is 0 Å². The van der Waals surface area contributed by atoms with Crippen molar-refractivity contribution in [1.82, 2.24) is 10.6 Å². The molecule has 0 saturated carbocycles.